The highest BCUT2D eigenvalue weighted by Crippen LogP contribution is 2.17. The molecule has 116 valence electrons. The van der Waals surface area contributed by atoms with Gasteiger partial charge in [-0.3, -0.25) is 4.98 Å². The number of piperazine rings is 1. The van der Waals surface area contributed by atoms with Crippen LogP contribution in [0.4, 0.5) is 5.82 Å². The third kappa shape index (κ3) is 3.74. The van der Waals surface area contributed by atoms with Crippen LogP contribution in [0.1, 0.15) is 17.0 Å². The lowest BCUT2D eigenvalue weighted by molar-refractivity contribution is 0.293. The minimum absolute atomic E-state index is 0.516. The minimum atomic E-state index is 0.516. The molecule has 3 rings (SSSR count). The molecule has 2 aromatic rings. The van der Waals surface area contributed by atoms with Crippen molar-refractivity contribution in [1.29, 1.82) is 0 Å². The number of nitrogens with one attached hydrogen (secondary N) is 1. The van der Waals surface area contributed by atoms with Gasteiger partial charge in [-0.05, 0) is 37.6 Å². The minimum Gasteiger partial charge on any atom is -0.473 e. The molecule has 5 heteroatoms. The number of aryl methyl sites for hydroxylation is 2. The standard InChI is InChI=1S/C17H22N4O/c1-13-10-15(11-14(2)19-13)12-22-17-5-3-4-16(20-17)21-8-6-18-7-9-21/h3-5,10-11,18H,6-9,12H2,1-2H3. The highest BCUT2D eigenvalue weighted by molar-refractivity contribution is 5.41. The van der Waals surface area contributed by atoms with Gasteiger partial charge in [-0.1, -0.05) is 6.07 Å². The van der Waals surface area contributed by atoms with Crippen molar-refractivity contribution in [3.63, 3.8) is 0 Å². The summed E-state index contributed by atoms with van der Waals surface area (Å²) in [7, 11) is 0. The van der Waals surface area contributed by atoms with Gasteiger partial charge in [0, 0.05) is 43.6 Å². The maximum absolute atomic E-state index is 5.85. The lowest BCUT2D eigenvalue weighted by Gasteiger charge is -2.28. The Balaban J connectivity index is 1.67. The van der Waals surface area contributed by atoms with E-state index in [1.54, 1.807) is 0 Å². The van der Waals surface area contributed by atoms with Gasteiger partial charge in [0.2, 0.25) is 5.88 Å². The van der Waals surface area contributed by atoms with Gasteiger partial charge in [-0.25, -0.2) is 0 Å². The van der Waals surface area contributed by atoms with E-state index in [9.17, 15) is 0 Å². The number of hydrogen-bond acceptors (Lipinski definition) is 5. The Kier molecular flexibility index (Phi) is 4.53. The zero-order valence-electron chi connectivity index (χ0n) is 13.2. The fraction of sp³-hybridized carbons (Fsp3) is 0.412. The molecule has 0 bridgehead atoms. The highest BCUT2D eigenvalue weighted by Gasteiger charge is 2.12. The topological polar surface area (TPSA) is 50.3 Å². The fourth-order valence-electron chi connectivity index (χ4n) is 2.72. The summed E-state index contributed by atoms with van der Waals surface area (Å²) in [6, 6.07) is 10.1. The number of nitrogens with zero attached hydrogens (tertiary/aromatic N) is 3. The normalized spacial score (nSPS) is 14.9. The van der Waals surface area contributed by atoms with Crippen molar-refractivity contribution in [3.8, 4) is 5.88 Å². The number of rotatable bonds is 4. The molecular formula is C17H22N4O. The van der Waals surface area contributed by atoms with Crippen molar-refractivity contribution in [2.24, 2.45) is 0 Å². The average Bonchev–Trinajstić information content (AvgIpc) is 2.53. The van der Waals surface area contributed by atoms with E-state index < -0.39 is 0 Å². The predicted octanol–water partition coefficient (Wildman–Crippen LogP) is 2.08. The Bertz CT molecular complexity index is 618. The average molecular weight is 298 g/mol. The second-order valence-electron chi connectivity index (χ2n) is 5.62. The van der Waals surface area contributed by atoms with E-state index in [4.69, 9.17) is 4.74 Å². The molecule has 2 aromatic heterocycles. The van der Waals surface area contributed by atoms with Crippen molar-refractivity contribution in [3.05, 3.63) is 47.3 Å². The summed E-state index contributed by atoms with van der Waals surface area (Å²) >= 11 is 0. The Morgan fingerprint density at radius 1 is 1.09 bits per heavy atom. The summed E-state index contributed by atoms with van der Waals surface area (Å²) in [4.78, 5) is 11.3. The maximum atomic E-state index is 5.85. The van der Waals surface area contributed by atoms with Crippen LogP contribution in [0.2, 0.25) is 0 Å². The van der Waals surface area contributed by atoms with Crippen molar-refractivity contribution >= 4 is 5.82 Å². The van der Waals surface area contributed by atoms with Gasteiger partial charge >= 0.3 is 0 Å². The van der Waals surface area contributed by atoms with E-state index in [-0.39, 0.29) is 0 Å². The molecule has 0 aromatic carbocycles. The zero-order valence-corrected chi connectivity index (χ0v) is 13.2. The van der Waals surface area contributed by atoms with Crippen LogP contribution in [0.3, 0.4) is 0 Å². The van der Waals surface area contributed by atoms with Gasteiger partial charge in [-0.15, -0.1) is 0 Å². The van der Waals surface area contributed by atoms with Crippen LogP contribution in [0.25, 0.3) is 0 Å². The van der Waals surface area contributed by atoms with Crippen LogP contribution in [0, 0.1) is 13.8 Å². The van der Waals surface area contributed by atoms with Crippen LogP contribution >= 0.6 is 0 Å². The van der Waals surface area contributed by atoms with E-state index in [2.05, 4.69) is 20.2 Å². The summed E-state index contributed by atoms with van der Waals surface area (Å²) in [5, 5.41) is 3.35. The van der Waals surface area contributed by atoms with Crippen molar-refractivity contribution < 1.29 is 4.74 Å². The molecule has 0 spiro atoms. The molecule has 1 N–H and O–H groups in total. The summed E-state index contributed by atoms with van der Waals surface area (Å²) in [5.74, 6) is 1.66. The van der Waals surface area contributed by atoms with Gasteiger partial charge in [0.05, 0.1) is 0 Å². The second kappa shape index (κ2) is 6.75. The summed E-state index contributed by atoms with van der Waals surface area (Å²) in [5.41, 5.74) is 3.15. The first-order valence-corrected chi connectivity index (χ1v) is 7.70. The van der Waals surface area contributed by atoms with Gasteiger partial charge in [0.25, 0.3) is 0 Å². The van der Waals surface area contributed by atoms with Crippen LogP contribution in [-0.4, -0.2) is 36.1 Å². The molecule has 22 heavy (non-hydrogen) atoms. The summed E-state index contributed by atoms with van der Waals surface area (Å²) < 4.78 is 5.85. The molecule has 5 nitrogen and oxygen atoms in total. The molecule has 0 aliphatic carbocycles. The zero-order chi connectivity index (χ0) is 15.4. The SMILES string of the molecule is Cc1cc(COc2cccc(N3CCNCC3)n2)cc(C)n1. The predicted molar refractivity (Wildman–Crippen MR) is 87.4 cm³/mol. The molecule has 1 saturated heterocycles. The number of aromatic nitrogens is 2. The van der Waals surface area contributed by atoms with Gasteiger partial charge in [0.15, 0.2) is 0 Å². The Morgan fingerprint density at radius 2 is 1.82 bits per heavy atom. The highest BCUT2D eigenvalue weighted by atomic mass is 16.5. The Hall–Kier alpha value is -2.14. The molecule has 0 unspecified atom stereocenters. The van der Waals surface area contributed by atoms with Gasteiger partial charge < -0.3 is 15.0 Å². The third-order valence-electron chi connectivity index (χ3n) is 3.68. The summed E-state index contributed by atoms with van der Waals surface area (Å²) in [6.45, 7) is 8.49. The lowest BCUT2D eigenvalue weighted by Crippen LogP contribution is -2.43. The van der Waals surface area contributed by atoms with Gasteiger partial charge in [-0.2, -0.15) is 4.98 Å². The number of ether oxygens (including phenoxy) is 1. The first kappa shape index (κ1) is 14.8. The van der Waals surface area contributed by atoms with Crippen molar-refractivity contribution in [2.45, 2.75) is 20.5 Å². The van der Waals surface area contributed by atoms with E-state index in [0.29, 0.717) is 12.5 Å². The fourth-order valence-corrected chi connectivity index (χ4v) is 2.72. The van der Waals surface area contributed by atoms with Crippen LogP contribution in [-0.2, 0) is 6.61 Å². The summed E-state index contributed by atoms with van der Waals surface area (Å²) in [6.07, 6.45) is 0. The Labute approximate surface area is 131 Å². The molecular weight excluding hydrogens is 276 g/mol. The van der Waals surface area contributed by atoms with Crippen molar-refractivity contribution in [2.75, 3.05) is 31.1 Å². The van der Waals surface area contributed by atoms with E-state index >= 15 is 0 Å². The third-order valence-corrected chi connectivity index (χ3v) is 3.68. The van der Waals surface area contributed by atoms with Crippen molar-refractivity contribution in [1.82, 2.24) is 15.3 Å². The molecule has 1 fully saturated rings. The first-order chi connectivity index (χ1) is 10.7. The van der Waals surface area contributed by atoms with Crippen LogP contribution < -0.4 is 15.0 Å². The van der Waals surface area contributed by atoms with Gasteiger partial charge in [0.1, 0.15) is 12.4 Å². The molecule has 3 heterocycles. The largest absolute Gasteiger partial charge is 0.473 e. The number of pyridine rings is 2. The second-order valence-corrected chi connectivity index (χ2v) is 5.62. The van der Waals surface area contributed by atoms with E-state index in [1.807, 2.05) is 44.2 Å². The molecule has 0 amide bonds. The molecule has 0 saturated carbocycles. The molecule has 1 aliphatic rings. The maximum Gasteiger partial charge on any atom is 0.215 e. The number of anilines is 1. The molecule has 1 aliphatic heterocycles. The van der Waals surface area contributed by atoms with Crippen LogP contribution in [0.5, 0.6) is 5.88 Å². The Morgan fingerprint density at radius 3 is 2.55 bits per heavy atom. The quantitative estimate of drug-likeness (QED) is 0.936. The lowest BCUT2D eigenvalue weighted by atomic mass is 10.2. The molecule has 0 atom stereocenters. The first-order valence-electron chi connectivity index (χ1n) is 7.70. The van der Waals surface area contributed by atoms with E-state index in [1.165, 1.54) is 0 Å². The smallest absolute Gasteiger partial charge is 0.215 e. The van der Waals surface area contributed by atoms with Crippen LogP contribution in [0.15, 0.2) is 30.3 Å². The number of hydrogen-bond donors (Lipinski definition) is 1. The molecule has 0 radical (unpaired) electrons. The monoisotopic (exact) mass is 298 g/mol. The van der Waals surface area contributed by atoms with E-state index in [0.717, 1.165) is 48.9 Å².